The number of thiol groups is 1. The van der Waals surface area contributed by atoms with Gasteiger partial charge in [-0.3, -0.25) is 4.79 Å². The van der Waals surface area contributed by atoms with Gasteiger partial charge in [-0.25, -0.2) is 0 Å². The van der Waals surface area contributed by atoms with Crippen LogP contribution in [0.25, 0.3) is 17.2 Å². The SMILES string of the molecule is C/C(=C\c1c(S)cccc1-c1ccoc1)C(=O)N1CCOCC1. The Bertz CT molecular complexity index is 716. The van der Waals surface area contributed by atoms with Crippen LogP contribution in [-0.2, 0) is 9.53 Å². The molecule has 1 fully saturated rings. The van der Waals surface area contributed by atoms with Gasteiger partial charge in [0.1, 0.15) is 0 Å². The number of carbonyl (C=O) groups is 1. The Morgan fingerprint density at radius 1 is 1.26 bits per heavy atom. The van der Waals surface area contributed by atoms with Crippen molar-refractivity contribution in [2.24, 2.45) is 0 Å². The maximum absolute atomic E-state index is 12.6. The molecule has 0 unspecified atom stereocenters. The largest absolute Gasteiger partial charge is 0.472 e. The Kier molecular flexibility index (Phi) is 4.88. The van der Waals surface area contributed by atoms with Gasteiger partial charge in [-0.15, -0.1) is 12.6 Å². The minimum Gasteiger partial charge on any atom is -0.472 e. The minimum atomic E-state index is 0.0445. The molecule has 2 heterocycles. The quantitative estimate of drug-likeness (QED) is 0.692. The van der Waals surface area contributed by atoms with Gasteiger partial charge in [0, 0.05) is 29.1 Å². The zero-order valence-corrected chi connectivity index (χ0v) is 13.9. The van der Waals surface area contributed by atoms with Crippen molar-refractivity contribution in [2.45, 2.75) is 11.8 Å². The molecule has 23 heavy (non-hydrogen) atoms. The Hall–Kier alpha value is -1.98. The lowest BCUT2D eigenvalue weighted by Crippen LogP contribution is -2.41. The van der Waals surface area contributed by atoms with Gasteiger partial charge in [0.15, 0.2) is 0 Å². The van der Waals surface area contributed by atoms with Crippen molar-refractivity contribution in [3.05, 3.63) is 47.9 Å². The van der Waals surface area contributed by atoms with Crippen molar-refractivity contribution in [1.82, 2.24) is 4.90 Å². The van der Waals surface area contributed by atoms with Crippen molar-refractivity contribution in [3.8, 4) is 11.1 Å². The third-order valence-corrected chi connectivity index (χ3v) is 4.30. The number of carbonyl (C=O) groups excluding carboxylic acids is 1. The van der Waals surface area contributed by atoms with Crippen LogP contribution in [0.3, 0.4) is 0 Å². The van der Waals surface area contributed by atoms with Gasteiger partial charge in [-0.1, -0.05) is 12.1 Å². The summed E-state index contributed by atoms with van der Waals surface area (Å²) in [4.78, 5) is 15.2. The number of hydrogen-bond acceptors (Lipinski definition) is 4. The third-order valence-electron chi connectivity index (χ3n) is 3.91. The number of nitrogens with zero attached hydrogens (tertiary/aromatic N) is 1. The summed E-state index contributed by atoms with van der Waals surface area (Å²) in [6.45, 7) is 4.32. The Labute approximate surface area is 141 Å². The van der Waals surface area contributed by atoms with Crippen molar-refractivity contribution >= 4 is 24.6 Å². The van der Waals surface area contributed by atoms with Crippen molar-refractivity contribution in [2.75, 3.05) is 26.3 Å². The van der Waals surface area contributed by atoms with Crippen molar-refractivity contribution in [1.29, 1.82) is 0 Å². The van der Waals surface area contributed by atoms with Gasteiger partial charge >= 0.3 is 0 Å². The molecule has 1 aromatic heterocycles. The minimum absolute atomic E-state index is 0.0445. The van der Waals surface area contributed by atoms with Crippen LogP contribution in [0.1, 0.15) is 12.5 Å². The second kappa shape index (κ2) is 7.06. The van der Waals surface area contributed by atoms with E-state index < -0.39 is 0 Å². The number of furan rings is 1. The summed E-state index contributed by atoms with van der Waals surface area (Å²) in [5.41, 5.74) is 3.59. The molecule has 0 radical (unpaired) electrons. The van der Waals surface area contributed by atoms with E-state index in [-0.39, 0.29) is 5.91 Å². The second-order valence-corrected chi connectivity index (χ2v) is 5.96. The summed E-state index contributed by atoms with van der Waals surface area (Å²) in [6, 6.07) is 7.77. The van der Waals surface area contributed by atoms with Crippen molar-refractivity contribution in [3.63, 3.8) is 0 Å². The first-order valence-corrected chi connectivity index (χ1v) is 8.01. The average molecular weight is 329 g/mol. The lowest BCUT2D eigenvalue weighted by molar-refractivity contribution is -0.130. The molecule has 0 bridgehead atoms. The Morgan fingerprint density at radius 2 is 2.04 bits per heavy atom. The summed E-state index contributed by atoms with van der Waals surface area (Å²) < 4.78 is 10.5. The highest BCUT2D eigenvalue weighted by Gasteiger charge is 2.19. The van der Waals surface area contributed by atoms with Gasteiger partial charge in [0.25, 0.3) is 0 Å². The molecule has 3 rings (SSSR count). The standard InChI is InChI=1S/C18H19NO3S/c1-13(18(20)19-6-9-21-10-7-19)11-16-15(3-2-4-17(16)23)14-5-8-22-12-14/h2-5,8,11-12,23H,6-7,9-10H2,1H3/b13-11+. The third kappa shape index (κ3) is 3.51. The average Bonchev–Trinajstić information content (AvgIpc) is 3.11. The Balaban J connectivity index is 1.93. The van der Waals surface area contributed by atoms with Crippen LogP contribution in [0.5, 0.6) is 0 Å². The van der Waals surface area contributed by atoms with Crippen LogP contribution in [-0.4, -0.2) is 37.1 Å². The molecule has 1 aliphatic heterocycles. The number of benzene rings is 1. The van der Waals surface area contributed by atoms with Gasteiger partial charge in [0.05, 0.1) is 25.7 Å². The van der Waals surface area contributed by atoms with E-state index in [2.05, 4.69) is 12.6 Å². The zero-order valence-electron chi connectivity index (χ0n) is 13.0. The number of morpholine rings is 1. The molecule has 1 aliphatic rings. The fraction of sp³-hybridized carbons (Fsp3) is 0.278. The molecular weight excluding hydrogens is 310 g/mol. The van der Waals surface area contributed by atoms with E-state index in [0.717, 1.165) is 21.6 Å². The van der Waals surface area contributed by atoms with Crippen LogP contribution in [0.15, 0.2) is 51.7 Å². The number of rotatable bonds is 3. The molecule has 0 aliphatic carbocycles. The molecule has 1 saturated heterocycles. The fourth-order valence-electron chi connectivity index (χ4n) is 2.67. The van der Waals surface area contributed by atoms with Crippen LogP contribution in [0.4, 0.5) is 0 Å². The highest BCUT2D eigenvalue weighted by molar-refractivity contribution is 7.80. The van der Waals surface area contributed by atoms with Gasteiger partial charge in [-0.2, -0.15) is 0 Å². The first-order chi connectivity index (χ1) is 11.2. The zero-order chi connectivity index (χ0) is 16.2. The summed E-state index contributed by atoms with van der Waals surface area (Å²) in [7, 11) is 0. The van der Waals surface area contributed by atoms with Gasteiger partial charge in [0.2, 0.25) is 5.91 Å². The second-order valence-electron chi connectivity index (χ2n) is 5.48. The topological polar surface area (TPSA) is 42.7 Å². The lowest BCUT2D eigenvalue weighted by Gasteiger charge is -2.27. The van der Waals surface area contributed by atoms with E-state index >= 15 is 0 Å². The highest BCUT2D eigenvalue weighted by Crippen LogP contribution is 2.30. The van der Waals surface area contributed by atoms with E-state index in [1.54, 1.807) is 12.5 Å². The molecule has 0 atom stereocenters. The molecule has 5 heteroatoms. The highest BCUT2D eigenvalue weighted by atomic mass is 32.1. The predicted molar refractivity (Wildman–Crippen MR) is 92.4 cm³/mol. The van der Waals surface area contributed by atoms with Crippen LogP contribution in [0, 0.1) is 0 Å². The number of hydrogen-bond donors (Lipinski definition) is 1. The first kappa shape index (κ1) is 15.9. The van der Waals surface area contributed by atoms with Gasteiger partial charge in [-0.05, 0) is 36.3 Å². The van der Waals surface area contributed by atoms with Crippen LogP contribution >= 0.6 is 12.6 Å². The molecule has 1 aromatic carbocycles. The van der Waals surface area contributed by atoms with Gasteiger partial charge < -0.3 is 14.1 Å². The number of amides is 1. The van der Waals surface area contributed by atoms with E-state index in [1.165, 1.54) is 0 Å². The van der Waals surface area contributed by atoms with E-state index in [0.29, 0.717) is 31.9 Å². The molecular formula is C18H19NO3S. The molecule has 0 saturated carbocycles. The molecule has 2 aromatic rings. The van der Waals surface area contributed by atoms with E-state index in [9.17, 15) is 4.79 Å². The fourth-order valence-corrected chi connectivity index (χ4v) is 2.94. The molecule has 0 N–H and O–H groups in total. The van der Waals surface area contributed by atoms with E-state index in [1.807, 2.05) is 42.2 Å². The number of ether oxygens (including phenoxy) is 1. The maximum atomic E-state index is 12.6. The normalized spacial score (nSPS) is 15.7. The van der Waals surface area contributed by atoms with Crippen molar-refractivity contribution < 1.29 is 13.9 Å². The van der Waals surface area contributed by atoms with Crippen LogP contribution < -0.4 is 0 Å². The molecule has 1 amide bonds. The van der Waals surface area contributed by atoms with Crippen LogP contribution in [0.2, 0.25) is 0 Å². The first-order valence-electron chi connectivity index (χ1n) is 7.56. The monoisotopic (exact) mass is 329 g/mol. The smallest absolute Gasteiger partial charge is 0.249 e. The Morgan fingerprint density at radius 3 is 2.74 bits per heavy atom. The molecule has 4 nitrogen and oxygen atoms in total. The summed E-state index contributed by atoms with van der Waals surface area (Å²) in [6.07, 6.45) is 5.24. The lowest BCUT2D eigenvalue weighted by atomic mass is 10.00. The molecule has 0 spiro atoms. The summed E-state index contributed by atoms with van der Waals surface area (Å²) in [5, 5.41) is 0. The van der Waals surface area contributed by atoms with E-state index in [4.69, 9.17) is 9.15 Å². The molecule has 120 valence electrons. The summed E-state index contributed by atoms with van der Waals surface area (Å²) >= 11 is 4.55. The predicted octanol–water partition coefficient (Wildman–Crippen LogP) is 3.50. The maximum Gasteiger partial charge on any atom is 0.249 e. The summed E-state index contributed by atoms with van der Waals surface area (Å²) in [5.74, 6) is 0.0445.